The SMILES string of the molecule is c1ccc([C@@H]2CN(Cc3cccc(N4CCN(Cc5ccncc5)CC4)c3)CO2)cc1. The molecule has 0 spiro atoms. The van der Waals surface area contributed by atoms with Gasteiger partial charge in [-0.1, -0.05) is 42.5 Å². The molecule has 2 aliphatic heterocycles. The molecule has 2 saturated heterocycles. The van der Waals surface area contributed by atoms with E-state index in [1.54, 1.807) is 0 Å². The highest BCUT2D eigenvalue weighted by molar-refractivity contribution is 5.49. The third kappa shape index (κ3) is 5.13. The molecule has 5 rings (SSSR count). The first-order valence-electron chi connectivity index (χ1n) is 11.2. The van der Waals surface area contributed by atoms with Crippen molar-refractivity contribution < 1.29 is 4.74 Å². The van der Waals surface area contributed by atoms with Crippen LogP contribution in [0.3, 0.4) is 0 Å². The highest BCUT2D eigenvalue weighted by Crippen LogP contribution is 2.26. The van der Waals surface area contributed by atoms with Crippen molar-refractivity contribution in [2.24, 2.45) is 0 Å². The van der Waals surface area contributed by atoms with E-state index in [4.69, 9.17) is 4.74 Å². The van der Waals surface area contributed by atoms with Crippen LogP contribution in [0.4, 0.5) is 5.69 Å². The van der Waals surface area contributed by atoms with Crippen molar-refractivity contribution in [2.45, 2.75) is 19.2 Å². The van der Waals surface area contributed by atoms with Crippen LogP contribution in [0, 0.1) is 0 Å². The number of pyridine rings is 1. The molecule has 0 bridgehead atoms. The standard InChI is InChI=1S/C26H30N4O/c1-2-6-24(7-3-1)26-20-29(21-31-26)19-23-5-4-8-25(17-23)30-15-13-28(14-16-30)18-22-9-11-27-12-10-22/h1-12,17,26H,13-16,18-21H2/t26-/m0/s1. The number of piperazine rings is 1. The van der Waals surface area contributed by atoms with Crippen LogP contribution in [-0.2, 0) is 17.8 Å². The van der Waals surface area contributed by atoms with Gasteiger partial charge in [-0.3, -0.25) is 14.8 Å². The maximum absolute atomic E-state index is 6.04. The van der Waals surface area contributed by atoms with E-state index in [1.807, 2.05) is 12.4 Å². The molecule has 0 unspecified atom stereocenters. The molecule has 2 aliphatic rings. The van der Waals surface area contributed by atoms with Gasteiger partial charge in [0.05, 0.1) is 6.10 Å². The largest absolute Gasteiger partial charge is 0.369 e. The van der Waals surface area contributed by atoms with Crippen molar-refractivity contribution in [2.75, 3.05) is 44.4 Å². The molecule has 2 aromatic carbocycles. The summed E-state index contributed by atoms with van der Waals surface area (Å²) < 4.78 is 6.04. The van der Waals surface area contributed by atoms with Gasteiger partial charge >= 0.3 is 0 Å². The maximum atomic E-state index is 6.04. The molecule has 1 aromatic heterocycles. The van der Waals surface area contributed by atoms with Crippen molar-refractivity contribution in [3.8, 4) is 0 Å². The van der Waals surface area contributed by atoms with Crippen molar-refractivity contribution in [1.82, 2.24) is 14.8 Å². The van der Waals surface area contributed by atoms with Gasteiger partial charge in [0.25, 0.3) is 0 Å². The topological polar surface area (TPSA) is 31.8 Å². The predicted octanol–water partition coefficient (Wildman–Crippen LogP) is 3.93. The molecule has 5 nitrogen and oxygen atoms in total. The van der Waals surface area contributed by atoms with E-state index >= 15 is 0 Å². The van der Waals surface area contributed by atoms with Crippen LogP contribution in [-0.4, -0.2) is 54.2 Å². The molecule has 0 aliphatic carbocycles. The minimum absolute atomic E-state index is 0.179. The average Bonchev–Trinajstić information content (AvgIpc) is 3.29. The summed E-state index contributed by atoms with van der Waals surface area (Å²) in [5.41, 5.74) is 5.30. The number of ether oxygens (including phenoxy) is 1. The zero-order valence-corrected chi connectivity index (χ0v) is 17.9. The Morgan fingerprint density at radius 1 is 0.774 bits per heavy atom. The van der Waals surface area contributed by atoms with E-state index in [-0.39, 0.29) is 6.10 Å². The summed E-state index contributed by atoms with van der Waals surface area (Å²) in [7, 11) is 0. The zero-order chi connectivity index (χ0) is 20.9. The fourth-order valence-electron chi connectivity index (χ4n) is 4.54. The van der Waals surface area contributed by atoms with E-state index in [2.05, 4.69) is 86.4 Å². The van der Waals surface area contributed by atoms with E-state index < -0.39 is 0 Å². The summed E-state index contributed by atoms with van der Waals surface area (Å²) in [5.74, 6) is 0. The van der Waals surface area contributed by atoms with Crippen LogP contribution >= 0.6 is 0 Å². The Morgan fingerprint density at radius 2 is 1.55 bits per heavy atom. The first kappa shape index (κ1) is 20.2. The lowest BCUT2D eigenvalue weighted by Gasteiger charge is -2.36. The fourth-order valence-corrected chi connectivity index (χ4v) is 4.54. The van der Waals surface area contributed by atoms with Gasteiger partial charge in [-0.15, -0.1) is 0 Å². The molecule has 31 heavy (non-hydrogen) atoms. The second-order valence-corrected chi connectivity index (χ2v) is 8.50. The molecule has 3 heterocycles. The highest BCUT2D eigenvalue weighted by Gasteiger charge is 2.24. The molecule has 0 amide bonds. The number of rotatable bonds is 6. The van der Waals surface area contributed by atoms with Gasteiger partial charge in [0.15, 0.2) is 0 Å². The summed E-state index contributed by atoms with van der Waals surface area (Å²) in [6, 6.07) is 23.8. The Bertz CT molecular complexity index is 957. The van der Waals surface area contributed by atoms with Gasteiger partial charge in [0.2, 0.25) is 0 Å². The summed E-state index contributed by atoms with van der Waals surface area (Å²) >= 11 is 0. The number of benzene rings is 2. The molecule has 3 aromatic rings. The number of nitrogens with zero attached hydrogens (tertiary/aromatic N) is 4. The van der Waals surface area contributed by atoms with Crippen LogP contribution in [0.1, 0.15) is 22.8 Å². The molecule has 0 saturated carbocycles. The predicted molar refractivity (Wildman–Crippen MR) is 124 cm³/mol. The summed E-state index contributed by atoms with van der Waals surface area (Å²) in [6.45, 7) is 7.89. The van der Waals surface area contributed by atoms with Gasteiger partial charge in [0.1, 0.15) is 6.73 Å². The van der Waals surface area contributed by atoms with E-state index in [0.29, 0.717) is 6.73 Å². The molecule has 0 N–H and O–H groups in total. The van der Waals surface area contributed by atoms with Crippen molar-refractivity contribution in [3.63, 3.8) is 0 Å². The van der Waals surface area contributed by atoms with Gasteiger partial charge in [-0.25, -0.2) is 0 Å². The number of anilines is 1. The van der Waals surface area contributed by atoms with Gasteiger partial charge < -0.3 is 9.64 Å². The second kappa shape index (κ2) is 9.60. The van der Waals surface area contributed by atoms with Crippen molar-refractivity contribution >= 4 is 5.69 Å². The average molecular weight is 415 g/mol. The molecular weight excluding hydrogens is 384 g/mol. The monoisotopic (exact) mass is 414 g/mol. The van der Waals surface area contributed by atoms with Crippen molar-refractivity contribution in [1.29, 1.82) is 0 Å². The summed E-state index contributed by atoms with van der Waals surface area (Å²) in [6.07, 6.45) is 3.94. The highest BCUT2D eigenvalue weighted by atomic mass is 16.5. The third-order valence-electron chi connectivity index (χ3n) is 6.26. The van der Waals surface area contributed by atoms with Crippen LogP contribution < -0.4 is 4.90 Å². The van der Waals surface area contributed by atoms with Crippen LogP contribution in [0.15, 0.2) is 79.1 Å². The van der Waals surface area contributed by atoms with E-state index in [9.17, 15) is 0 Å². The lowest BCUT2D eigenvalue weighted by molar-refractivity contribution is 0.0880. The summed E-state index contributed by atoms with van der Waals surface area (Å²) in [4.78, 5) is 11.6. The lowest BCUT2D eigenvalue weighted by Crippen LogP contribution is -2.46. The number of aromatic nitrogens is 1. The molecule has 0 radical (unpaired) electrons. The zero-order valence-electron chi connectivity index (χ0n) is 17.9. The maximum Gasteiger partial charge on any atom is 0.100 e. The fraction of sp³-hybridized carbons (Fsp3) is 0.346. The number of hydrogen-bond acceptors (Lipinski definition) is 5. The van der Waals surface area contributed by atoms with E-state index in [1.165, 1.54) is 22.4 Å². The first-order chi connectivity index (χ1) is 15.3. The normalized spacial score (nSPS) is 20.3. The van der Waals surface area contributed by atoms with Gasteiger partial charge in [-0.2, -0.15) is 0 Å². The van der Waals surface area contributed by atoms with Crippen molar-refractivity contribution in [3.05, 3.63) is 95.8 Å². The number of hydrogen-bond donors (Lipinski definition) is 0. The van der Waals surface area contributed by atoms with Crippen LogP contribution in [0.2, 0.25) is 0 Å². The Balaban J connectivity index is 1.15. The lowest BCUT2D eigenvalue weighted by atomic mass is 10.1. The molecule has 1 atom stereocenters. The summed E-state index contributed by atoms with van der Waals surface area (Å²) in [5, 5.41) is 0. The van der Waals surface area contributed by atoms with Crippen LogP contribution in [0.5, 0.6) is 0 Å². The first-order valence-corrected chi connectivity index (χ1v) is 11.2. The van der Waals surface area contributed by atoms with Gasteiger partial charge in [0, 0.05) is 63.9 Å². The molecular formula is C26H30N4O. The molecule has 160 valence electrons. The quantitative estimate of drug-likeness (QED) is 0.610. The van der Waals surface area contributed by atoms with Gasteiger partial charge in [-0.05, 0) is 41.0 Å². The van der Waals surface area contributed by atoms with Crippen LogP contribution in [0.25, 0.3) is 0 Å². The Morgan fingerprint density at radius 3 is 2.35 bits per heavy atom. The smallest absolute Gasteiger partial charge is 0.100 e. The second-order valence-electron chi connectivity index (χ2n) is 8.50. The Labute approximate surface area is 184 Å². The Kier molecular flexibility index (Phi) is 6.25. The third-order valence-corrected chi connectivity index (χ3v) is 6.26. The minimum atomic E-state index is 0.179. The Hall–Kier alpha value is -2.73. The minimum Gasteiger partial charge on any atom is -0.369 e. The molecule has 5 heteroatoms. The van der Waals surface area contributed by atoms with E-state index in [0.717, 1.165) is 45.8 Å². The molecule has 2 fully saturated rings.